The molecule has 7 nitrogen and oxygen atoms in total. The van der Waals surface area contributed by atoms with E-state index >= 15 is 0 Å². The fourth-order valence-corrected chi connectivity index (χ4v) is 1.14. The van der Waals surface area contributed by atoms with E-state index in [2.05, 4.69) is 0 Å². The fourth-order valence-electron chi connectivity index (χ4n) is 1.14. The molecular weight excluding hydrogens is 234 g/mol. The van der Waals surface area contributed by atoms with Crippen LogP contribution in [0.15, 0.2) is 18.2 Å². The number of halogens is 1. The number of carboxylic acid groups (broad SMARTS) is 1. The molecule has 1 rings (SSSR count). The number of carbonyl (C=O) groups excluding carboxylic acids is 1. The number of amides is 1. The molecule has 1 amide bonds. The molecule has 2 N–H and O–H groups in total. The number of nitro benzene ring substituents is 1. The van der Waals surface area contributed by atoms with Crippen LogP contribution in [0, 0.1) is 15.9 Å². The van der Waals surface area contributed by atoms with Crippen molar-refractivity contribution in [2.24, 2.45) is 0 Å². The molecule has 0 aliphatic heterocycles. The predicted molar refractivity (Wildman–Crippen MR) is 53.0 cm³/mol. The van der Waals surface area contributed by atoms with E-state index in [1.54, 1.807) is 0 Å². The molecule has 90 valence electrons. The van der Waals surface area contributed by atoms with Crippen molar-refractivity contribution in [3.8, 4) is 0 Å². The van der Waals surface area contributed by atoms with Crippen LogP contribution in [0.5, 0.6) is 0 Å². The normalized spacial score (nSPS) is 9.71. The zero-order valence-electron chi connectivity index (χ0n) is 8.34. The Bertz CT molecular complexity index is 488. The Morgan fingerprint density at radius 3 is 2.65 bits per heavy atom. The first-order valence-electron chi connectivity index (χ1n) is 4.36. The Morgan fingerprint density at radius 1 is 1.47 bits per heavy atom. The number of rotatable bonds is 4. The van der Waals surface area contributed by atoms with Gasteiger partial charge in [0.15, 0.2) is 0 Å². The molecule has 1 aromatic carbocycles. The maximum absolute atomic E-state index is 13.1. The quantitative estimate of drug-likeness (QED) is 0.590. The van der Waals surface area contributed by atoms with E-state index in [1.165, 1.54) is 0 Å². The molecule has 0 radical (unpaired) electrons. The lowest BCUT2D eigenvalue weighted by atomic mass is 10.1. The van der Waals surface area contributed by atoms with Crippen LogP contribution in [-0.4, -0.2) is 28.5 Å². The standard InChI is InChI=1S/C9H7FN2O5/c10-6-3-1-2-5(8(6)12(16)17)9(15)11-4-7(13)14/h1-3H,4H2,(H,11,15)(H,13,14)/i10-1. The van der Waals surface area contributed by atoms with Crippen LogP contribution in [0.3, 0.4) is 0 Å². The third-order valence-electron chi connectivity index (χ3n) is 1.81. The predicted octanol–water partition coefficient (Wildman–Crippen LogP) is 0.548. The molecule has 8 heteroatoms. The summed E-state index contributed by atoms with van der Waals surface area (Å²) in [5, 5.41) is 20.8. The van der Waals surface area contributed by atoms with Crippen LogP contribution in [0.1, 0.15) is 10.4 Å². The highest BCUT2D eigenvalue weighted by Gasteiger charge is 2.24. The SMILES string of the molecule is O=C(O)CNC(=O)c1cccc([18F])c1[N+](=O)[O-]. The molecule has 0 bridgehead atoms. The zero-order valence-corrected chi connectivity index (χ0v) is 8.34. The Hall–Kier alpha value is -2.51. The number of nitro groups is 1. The number of carbonyl (C=O) groups is 2. The Morgan fingerprint density at radius 2 is 2.12 bits per heavy atom. The Balaban J connectivity index is 3.05. The molecule has 0 heterocycles. The number of hydrogen-bond donors (Lipinski definition) is 2. The summed E-state index contributed by atoms with van der Waals surface area (Å²) in [6.45, 7) is -0.702. The number of carboxylic acids is 1. The van der Waals surface area contributed by atoms with E-state index in [0.29, 0.717) is 0 Å². The molecule has 0 spiro atoms. The van der Waals surface area contributed by atoms with Crippen molar-refractivity contribution >= 4 is 17.6 Å². The minimum absolute atomic E-state index is 0.517. The molecule has 0 saturated heterocycles. The largest absolute Gasteiger partial charge is 0.480 e. The smallest absolute Gasteiger partial charge is 0.322 e. The van der Waals surface area contributed by atoms with Gasteiger partial charge in [0.25, 0.3) is 5.91 Å². The van der Waals surface area contributed by atoms with Gasteiger partial charge < -0.3 is 10.4 Å². The Kier molecular flexibility index (Phi) is 3.70. The fraction of sp³-hybridized carbons (Fsp3) is 0.111. The number of aliphatic carboxylic acids is 1. The van der Waals surface area contributed by atoms with Gasteiger partial charge >= 0.3 is 11.7 Å². The highest BCUT2D eigenvalue weighted by Crippen LogP contribution is 2.21. The molecule has 0 unspecified atom stereocenters. The van der Waals surface area contributed by atoms with Crippen molar-refractivity contribution in [2.45, 2.75) is 0 Å². The monoisotopic (exact) mass is 241 g/mol. The van der Waals surface area contributed by atoms with E-state index in [9.17, 15) is 24.1 Å². The summed E-state index contributed by atoms with van der Waals surface area (Å²) in [5.74, 6) is -3.48. The summed E-state index contributed by atoms with van der Waals surface area (Å²) in [6, 6.07) is 3.00. The van der Waals surface area contributed by atoms with Gasteiger partial charge in [-0.25, -0.2) is 0 Å². The minimum atomic E-state index is -1.31. The van der Waals surface area contributed by atoms with Gasteiger partial charge in [0, 0.05) is 0 Å². The van der Waals surface area contributed by atoms with Gasteiger partial charge in [0.05, 0.1) is 4.92 Å². The van der Waals surface area contributed by atoms with Crippen LogP contribution in [0.25, 0.3) is 0 Å². The number of benzene rings is 1. The summed E-state index contributed by atoms with van der Waals surface area (Å²) >= 11 is 0. The van der Waals surface area contributed by atoms with Crippen molar-refractivity contribution in [3.63, 3.8) is 0 Å². The van der Waals surface area contributed by atoms with Gasteiger partial charge in [-0.1, -0.05) is 6.07 Å². The first-order chi connectivity index (χ1) is 7.93. The second-order valence-corrected chi connectivity index (χ2v) is 2.97. The molecule has 0 aliphatic carbocycles. The second-order valence-electron chi connectivity index (χ2n) is 2.97. The summed E-state index contributed by atoms with van der Waals surface area (Å²) in [5.41, 5.74) is -1.49. The van der Waals surface area contributed by atoms with Crippen molar-refractivity contribution in [3.05, 3.63) is 39.7 Å². The van der Waals surface area contributed by atoms with E-state index in [0.717, 1.165) is 18.2 Å². The van der Waals surface area contributed by atoms with Crippen molar-refractivity contribution < 1.29 is 24.0 Å². The highest BCUT2D eigenvalue weighted by molar-refractivity contribution is 5.99. The number of hydrogen-bond acceptors (Lipinski definition) is 4. The van der Waals surface area contributed by atoms with Crippen LogP contribution in [0.4, 0.5) is 10.1 Å². The average molecular weight is 241 g/mol. The van der Waals surface area contributed by atoms with E-state index in [-0.39, 0.29) is 0 Å². The summed E-state index contributed by atoms with van der Waals surface area (Å²) in [7, 11) is 0. The van der Waals surface area contributed by atoms with E-state index in [1.807, 2.05) is 5.32 Å². The molecule has 0 aromatic heterocycles. The van der Waals surface area contributed by atoms with Crippen LogP contribution < -0.4 is 5.32 Å². The van der Waals surface area contributed by atoms with Gasteiger partial charge in [-0.05, 0) is 12.1 Å². The van der Waals surface area contributed by atoms with Gasteiger partial charge in [0.1, 0.15) is 12.1 Å². The third-order valence-corrected chi connectivity index (χ3v) is 1.81. The zero-order chi connectivity index (χ0) is 13.0. The second kappa shape index (κ2) is 5.01. The molecule has 0 fully saturated rings. The van der Waals surface area contributed by atoms with E-state index in [4.69, 9.17) is 5.11 Å². The summed E-state index contributed by atoms with van der Waals surface area (Å²) in [4.78, 5) is 31.1. The summed E-state index contributed by atoms with van der Waals surface area (Å²) < 4.78 is 13.1. The number of nitrogens with one attached hydrogen (secondary N) is 1. The Labute approximate surface area is 94.0 Å². The maximum atomic E-state index is 13.1. The van der Waals surface area contributed by atoms with Crippen molar-refractivity contribution in [2.75, 3.05) is 6.54 Å². The van der Waals surface area contributed by atoms with Gasteiger partial charge in [-0.2, -0.15) is 4.39 Å². The molecule has 0 aliphatic rings. The molecule has 1 aromatic rings. The minimum Gasteiger partial charge on any atom is -0.480 e. The van der Waals surface area contributed by atoms with Gasteiger partial charge in [-0.15, -0.1) is 0 Å². The average Bonchev–Trinajstić information content (AvgIpc) is 2.24. The first-order valence-corrected chi connectivity index (χ1v) is 4.36. The van der Waals surface area contributed by atoms with Crippen LogP contribution in [-0.2, 0) is 4.79 Å². The van der Waals surface area contributed by atoms with Crippen LogP contribution >= 0.6 is 0 Å². The first kappa shape index (κ1) is 12.6. The van der Waals surface area contributed by atoms with Gasteiger partial charge in [-0.3, -0.25) is 19.7 Å². The highest BCUT2D eigenvalue weighted by atomic mass is 18.2. The number of nitrogens with zero attached hydrogens (tertiary/aromatic N) is 1. The summed E-state index contributed by atoms with van der Waals surface area (Å²) in [6.07, 6.45) is 0. The van der Waals surface area contributed by atoms with E-state index < -0.39 is 40.4 Å². The van der Waals surface area contributed by atoms with Gasteiger partial charge in [0.2, 0.25) is 5.82 Å². The molecule has 0 atom stereocenters. The van der Waals surface area contributed by atoms with Crippen molar-refractivity contribution in [1.29, 1.82) is 0 Å². The number of para-hydroxylation sites is 1. The topological polar surface area (TPSA) is 110 Å². The third kappa shape index (κ3) is 2.97. The molecule has 0 saturated carbocycles. The molecule has 17 heavy (non-hydrogen) atoms. The molecular formula is C9H7FN2O5. The maximum Gasteiger partial charge on any atom is 0.322 e. The lowest BCUT2D eigenvalue weighted by Gasteiger charge is -2.03. The lowest BCUT2D eigenvalue weighted by molar-refractivity contribution is -0.387. The lowest BCUT2D eigenvalue weighted by Crippen LogP contribution is -2.29. The van der Waals surface area contributed by atoms with Crippen LogP contribution in [0.2, 0.25) is 0 Å². The van der Waals surface area contributed by atoms with Crippen molar-refractivity contribution in [1.82, 2.24) is 5.32 Å².